The summed E-state index contributed by atoms with van der Waals surface area (Å²) in [6.07, 6.45) is 3.42. The maximum atomic E-state index is 6.15. The molecule has 0 fully saturated rings. The summed E-state index contributed by atoms with van der Waals surface area (Å²) in [6.45, 7) is 4.14. The molecule has 1 rings (SSSR count). The molecule has 2 heteroatoms. The van der Waals surface area contributed by atoms with Crippen molar-refractivity contribution in [2.24, 2.45) is 0 Å². The molecule has 0 aromatic heterocycles. The van der Waals surface area contributed by atoms with Crippen molar-refractivity contribution in [2.45, 2.75) is 33.1 Å². The standard InChI is InChI=1S/C11H14Cl2/c1-3-4-5-9-6-7-10(12)8(2)11(9)13/h6-7H,3-5H2,1-2H3. The Balaban J connectivity index is 2.90. The van der Waals surface area contributed by atoms with E-state index < -0.39 is 0 Å². The Bertz CT molecular complexity index is 292. The molecule has 0 nitrogen and oxygen atoms in total. The van der Waals surface area contributed by atoms with Crippen LogP contribution in [0.3, 0.4) is 0 Å². The molecular formula is C11H14Cl2. The molecule has 0 heterocycles. The summed E-state index contributed by atoms with van der Waals surface area (Å²) >= 11 is 12.1. The monoisotopic (exact) mass is 216 g/mol. The summed E-state index contributed by atoms with van der Waals surface area (Å²) in [7, 11) is 0. The first-order chi connectivity index (χ1) is 6.16. The van der Waals surface area contributed by atoms with Crippen LogP contribution >= 0.6 is 23.2 Å². The Hall–Kier alpha value is -0.200. The van der Waals surface area contributed by atoms with Gasteiger partial charge in [-0.1, -0.05) is 42.6 Å². The van der Waals surface area contributed by atoms with E-state index in [-0.39, 0.29) is 0 Å². The predicted octanol–water partition coefficient (Wildman–Crippen LogP) is 4.64. The number of unbranched alkanes of at least 4 members (excludes halogenated alkanes) is 1. The van der Waals surface area contributed by atoms with Crippen LogP contribution in [0, 0.1) is 6.92 Å². The van der Waals surface area contributed by atoms with Gasteiger partial charge < -0.3 is 0 Å². The summed E-state index contributed by atoms with van der Waals surface area (Å²) in [5.74, 6) is 0. The minimum atomic E-state index is 0.755. The van der Waals surface area contributed by atoms with Crippen LogP contribution in [0.4, 0.5) is 0 Å². The first-order valence-corrected chi connectivity index (χ1v) is 5.36. The van der Waals surface area contributed by atoms with E-state index in [1.54, 1.807) is 0 Å². The Morgan fingerprint density at radius 3 is 2.54 bits per heavy atom. The van der Waals surface area contributed by atoms with Crippen molar-refractivity contribution < 1.29 is 0 Å². The molecule has 0 atom stereocenters. The van der Waals surface area contributed by atoms with Crippen molar-refractivity contribution in [1.82, 2.24) is 0 Å². The number of hydrogen-bond donors (Lipinski definition) is 0. The molecule has 0 bridgehead atoms. The molecule has 0 unspecified atom stereocenters. The second kappa shape index (κ2) is 4.88. The quantitative estimate of drug-likeness (QED) is 0.691. The van der Waals surface area contributed by atoms with Gasteiger partial charge >= 0.3 is 0 Å². The van der Waals surface area contributed by atoms with Gasteiger partial charge in [0, 0.05) is 10.0 Å². The van der Waals surface area contributed by atoms with E-state index in [0.717, 1.165) is 22.0 Å². The average Bonchev–Trinajstić information content (AvgIpc) is 2.13. The molecule has 0 saturated carbocycles. The molecule has 0 spiro atoms. The molecule has 0 aliphatic carbocycles. The molecule has 72 valence electrons. The van der Waals surface area contributed by atoms with E-state index in [0.29, 0.717) is 0 Å². The van der Waals surface area contributed by atoms with Crippen molar-refractivity contribution in [1.29, 1.82) is 0 Å². The lowest BCUT2D eigenvalue weighted by Crippen LogP contribution is -1.89. The lowest BCUT2D eigenvalue weighted by atomic mass is 10.1. The minimum absolute atomic E-state index is 0.755. The van der Waals surface area contributed by atoms with Crippen LogP contribution in [0.25, 0.3) is 0 Å². The largest absolute Gasteiger partial charge is 0.0840 e. The summed E-state index contributed by atoms with van der Waals surface area (Å²) in [5.41, 5.74) is 2.21. The van der Waals surface area contributed by atoms with Gasteiger partial charge in [0.15, 0.2) is 0 Å². The van der Waals surface area contributed by atoms with Gasteiger partial charge in [0.2, 0.25) is 0 Å². The maximum absolute atomic E-state index is 6.15. The SMILES string of the molecule is CCCCc1ccc(Cl)c(C)c1Cl. The second-order valence-corrected chi connectivity index (χ2v) is 4.03. The highest BCUT2D eigenvalue weighted by Gasteiger charge is 2.05. The molecule has 0 radical (unpaired) electrons. The summed E-state index contributed by atoms with van der Waals surface area (Å²) in [4.78, 5) is 0. The number of rotatable bonds is 3. The number of hydrogen-bond acceptors (Lipinski definition) is 0. The fourth-order valence-electron chi connectivity index (χ4n) is 1.28. The Morgan fingerprint density at radius 2 is 1.92 bits per heavy atom. The highest BCUT2D eigenvalue weighted by Crippen LogP contribution is 2.28. The third kappa shape index (κ3) is 2.62. The van der Waals surface area contributed by atoms with Gasteiger partial charge in [-0.05, 0) is 37.0 Å². The second-order valence-electron chi connectivity index (χ2n) is 3.25. The molecular weight excluding hydrogens is 203 g/mol. The van der Waals surface area contributed by atoms with E-state index in [9.17, 15) is 0 Å². The van der Waals surface area contributed by atoms with Crippen molar-refractivity contribution in [3.05, 3.63) is 33.3 Å². The molecule has 0 amide bonds. The summed E-state index contributed by atoms with van der Waals surface area (Å²) in [5, 5.41) is 1.59. The normalized spacial score (nSPS) is 10.5. The van der Waals surface area contributed by atoms with Gasteiger partial charge in [-0.3, -0.25) is 0 Å². The number of halogens is 2. The fraction of sp³-hybridized carbons (Fsp3) is 0.455. The van der Waals surface area contributed by atoms with E-state index in [1.807, 2.05) is 19.1 Å². The highest BCUT2D eigenvalue weighted by molar-refractivity contribution is 6.36. The van der Waals surface area contributed by atoms with Crippen LogP contribution < -0.4 is 0 Å². The molecule has 1 aromatic rings. The smallest absolute Gasteiger partial charge is 0.0482 e. The zero-order valence-corrected chi connectivity index (χ0v) is 9.54. The first kappa shape index (κ1) is 10.9. The summed E-state index contributed by atoms with van der Waals surface area (Å²) in [6, 6.07) is 3.95. The zero-order valence-electron chi connectivity index (χ0n) is 8.03. The van der Waals surface area contributed by atoms with Gasteiger partial charge in [-0.15, -0.1) is 0 Å². The fourth-order valence-corrected chi connectivity index (χ4v) is 1.74. The molecule has 0 N–H and O–H groups in total. The van der Waals surface area contributed by atoms with Crippen molar-refractivity contribution in [3.8, 4) is 0 Å². The van der Waals surface area contributed by atoms with Crippen LogP contribution in [0.15, 0.2) is 12.1 Å². The van der Waals surface area contributed by atoms with Crippen molar-refractivity contribution in [2.75, 3.05) is 0 Å². The molecule has 0 aliphatic heterocycles. The van der Waals surface area contributed by atoms with Gasteiger partial charge in [-0.2, -0.15) is 0 Å². The van der Waals surface area contributed by atoms with Gasteiger partial charge in [-0.25, -0.2) is 0 Å². The van der Waals surface area contributed by atoms with Gasteiger partial charge in [0.25, 0.3) is 0 Å². The molecule has 13 heavy (non-hydrogen) atoms. The van der Waals surface area contributed by atoms with Crippen LogP contribution in [0.5, 0.6) is 0 Å². The van der Waals surface area contributed by atoms with E-state index in [2.05, 4.69) is 6.92 Å². The number of benzene rings is 1. The average molecular weight is 217 g/mol. The first-order valence-electron chi connectivity index (χ1n) is 4.60. The zero-order chi connectivity index (χ0) is 9.84. The Labute approximate surface area is 89.9 Å². The van der Waals surface area contributed by atoms with Crippen LogP contribution in [-0.4, -0.2) is 0 Å². The van der Waals surface area contributed by atoms with Crippen LogP contribution in [0.2, 0.25) is 10.0 Å². The lowest BCUT2D eigenvalue weighted by molar-refractivity contribution is 0.794. The van der Waals surface area contributed by atoms with Gasteiger partial charge in [0.05, 0.1) is 0 Å². The van der Waals surface area contributed by atoms with E-state index >= 15 is 0 Å². The highest BCUT2D eigenvalue weighted by atomic mass is 35.5. The third-order valence-corrected chi connectivity index (χ3v) is 3.14. The maximum Gasteiger partial charge on any atom is 0.0482 e. The predicted molar refractivity (Wildman–Crippen MR) is 59.8 cm³/mol. The lowest BCUT2D eigenvalue weighted by Gasteiger charge is -2.07. The van der Waals surface area contributed by atoms with Crippen LogP contribution in [-0.2, 0) is 6.42 Å². The Morgan fingerprint density at radius 1 is 1.23 bits per heavy atom. The number of aryl methyl sites for hydroxylation is 1. The molecule has 1 aromatic carbocycles. The van der Waals surface area contributed by atoms with Crippen LogP contribution in [0.1, 0.15) is 30.9 Å². The molecule has 0 aliphatic rings. The molecule has 0 saturated heterocycles. The van der Waals surface area contributed by atoms with Gasteiger partial charge in [0.1, 0.15) is 0 Å². The topological polar surface area (TPSA) is 0 Å². The summed E-state index contributed by atoms with van der Waals surface area (Å²) < 4.78 is 0. The minimum Gasteiger partial charge on any atom is -0.0840 e. The third-order valence-electron chi connectivity index (χ3n) is 2.20. The van der Waals surface area contributed by atoms with Crippen molar-refractivity contribution >= 4 is 23.2 Å². The van der Waals surface area contributed by atoms with E-state index in [1.165, 1.54) is 18.4 Å². The Kier molecular flexibility index (Phi) is 4.08. The van der Waals surface area contributed by atoms with E-state index in [4.69, 9.17) is 23.2 Å². The van der Waals surface area contributed by atoms with Crippen molar-refractivity contribution in [3.63, 3.8) is 0 Å².